The number of sulfonamides is 1. The predicted octanol–water partition coefficient (Wildman–Crippen LogP) is 3.02. The highest BCUT2D eigenvalue weighted by molar-refractivity contribution is 7.99. The van der Waals surface area contributed by atoms with Crippen molar-refractivity contribution in [3.63, 3.8) is 0 Å². The minimum absolute atomic E-state index is 0.0500. The maximum atomic E-state index is 12.6. The van der Waals surface area contributed by atoms with Crippen LogP contribution in [0.3, 0.4) is 0 Å². The molecular formula is C16H18ClN3O3S3. The van der Waals surface area contributed by atoms with E-state index in [0.717, 1.165) is 29.5 Å². The van der Waals surface area contributed by atoms with Crippen LogP contribution in [0.25, 0.3) is 0 Å². The maximum absolute atomic E-state index is 12.6. The fourth-order valence-corrected chi connectivity index (χ4v) is 6.01. The molecule has 0 spiro atoms. The Labute approximate surface area is 166 Å². The highest BCUT2D eigenvalue weighted by Gasteiger charge is 2.21. The highest BCUT2D eigenvalue weighted by atomic mass is 35.5. The number of anilines is 1. The second-order valence-corrected chi connectivity index (χ2v) is 10.2. The summed E-state index contributed by atoms with van der Waals surface area (Å²) in [5.74, 6) is 1.96. The summed E-state index contributed by atoms with van der Waals surface area (Å²) in [6.45, 7) is 3.17. The van der Waals surface area contributed by atoms with Crippen LogP contribution in [0.5, 0.6) is 0 Å². The van der Waals surface area contributed by atoms with Gasteiger partial charge in [0.15, 0.2) is 5.13 Å². The zero-order chi connectivity index (χ0) is 18.7. The second kappa shape index (κ2) is 8.16. The summed E-state index contributed by atoms with van der Waals surface area (Å²) >= 11 is 9.02. The van der Waals surface area contributed by atoms with Gasteiger partial charge in [-0.15, -0.1) is 11.3 Å². The number of benzene rings is 1. The Morgan fingerprint density at radius 3 is 2.81 bits per heavy atom. The molecule has 0 aliphatic carbocycles. The molecule has 140 valence electrons. The van der Waals surface area contributed by atoms with Crippen LogP contribution in [0.4, 0.5) is 5.13 Å². The molecule has 0 radical (unpaired) electrons. The number of carbonyl (C=O) groups excluding carboxylic acids is 1. The largest absolute Gasteiger partial charge is 0.341 e. The Balaban J connectivity index is 1.69. The van der Waals surface area contributed by atoms with Crippen molar-refractivity contribution < 1.29 is 13.2 Å². The van der Waals surface area contributed by atoms with Crippen LogP contribution in [0.1, 0.15) is 10.4 Å². The molecular weight excluding hydrogens is 414 g/mol. The van der Waals surface area contributed by atoms with Gasteiger partial charge in [-0.2, -0.15) is 11.8 Å². The lowest BCUT2D eigenvalue weighted by atomic mass is 10.2. The van der Waals surface area contributed by atoms with Crippen LogP contribution >= 0.6 is 34.7 Å². The van der Waals surface area contributed by atoms with Gasteiger partial charge in [-0.25, -0.2) is 13.4 Å². The molecule has 1 aromatic heterocycles. The third-order valence-electron chi connectivity index (χ3n) is 3.97. The van der Waals surface area contributed by atoms with Crippen LogP contribution in [-0.2, 0) is 21.2 Å². The number of halogens is 1. The highest BCUT2D eigenvalue weighted by Crippen LogP contribution is 2.27. The third kappa shape index (κ3) is 4.51. The molecule has 0 unspecified atom stereocenters. The standard InChI is InChI=1S/C16H18ClN3O3S3/c1-11-13(17)3-2-4-14(11)26(22,23)19-16-18-10-12(25-16)9-15(21)20-5-7-24-8-6-20/h2-4,10H,5-9H2,1H3,(H,18,19). The van der Waals surface area contributed by atoms with E-state index in [0.29, 0.717) is 10.6 Å². The number of hydrogen-bond acceptors (Lipinski definition) is 6. The first-order chi connectivity index (χ1) is 12.4. The molecule has 0 saturated carbocycles. The number of amides is 1. The van der Waals surface area contributed by atoms with Crippen LogP contribution < -0.4 is 4.72 Å². The van der Waals surface area contributed by atoms with E-state index in [-0.39, 0.29) is 22.4 Å². The molecule has 3 rings (SSSR count). The van der Waals surface area contributed by atoms with Crippen LogP contribution in [-0.4, -0.2) is 48.8 Å². The van der Waals surface area contributed by atoms with Gasteiger partial charge in [0.2, 0.25) is 5.91 Å². The number of nitrogens with one attached hydrogen (secondary N) is 1. The van der Waals surface area contributed by atoms with Gasteiger partial charge in [-0.3, -0.25) is 9.52 Å². The monoisotopic (exact) mass is 431 g/mol. The van der Waals surface area contributed by atoms with Gasteiger partial charge < -0.3 is 4.90 Å². The van der Waals surface area contributed by atoms with Gasteiger partial charge >= 0.3 is 0 Å². The summed E-state index contributed by atoms with van der Waals surface area (Å²) < 4.78 is 27.6. The molecule has 10 heteroatoms. The molecule has 1 aliphatic rings. The number of nitrogens with zero attached hydrogens (tertiary/aromatic N) is 2. The Kier molecular flexibility index (Phi) is 6.11. The van der Waals surface area contributed by atoms with Crippen molar-refractivity contribution in [3.05, 3.63) is 39.9 Å². The van der Waals surface area contributed by atoms with Crippen molar-refractivity contribution in [1.29, 1.82) is 0 Å². The van der Waals surface area contributed by atoms with Gasteiger partial charge in [-0.1, -0.05) is 17.7 Å². The Morgan fingerprint density at radius 1 is 1.35 bits per heavy atom. The van der Waals surface area contributed by atoms with E-state index in [2.05, 4.69) is 9.71 Å². The smallest absolute Gasteiger partial charge is 0.263 e. The van der Waals surface area contributed by atoms with Crippen molar-refractivity contribution in [2.45, 2.75) is 18.2 Å². The van der Waals surface area contributed by atoms with Crippen LogP contribution in [0.15, 0.2) is 29.3 Å². The van der Waals surface area contributed by atoms with Crippen LogP contribution in [0, 0.1) is 6.92 Å². The summed E-state index contributed by atoms with van der Waals surface area (Å²) in [6, 6.07) is 4.73. The predicted molar refractivity (Wildman–Crippen MR) is 107 cm³/mol. The minimum Gasteiger partial charge on any atom is -0.341 e. The van der Waals surface area contributed by atoms with Gasteiger partial charge in [0, 0.05) is 40.7 Å². The first-order valence-corrected chi connectivity index (χ1v) is 11.8. The first kappa shape index (κ1) is 19.5. The van der Waals surface area contributed by atoms with Crippen molar-refractivity contribution in [3.8, 4) is 0 Å². The zero-order valence-corrected chi connectivity index (χ0v) is 17.3. The van der Waals surface area contributed by atoms with Gasteiger partial charge in [0.1, 0.15) is 0 Å². The lowest BCUT2D eigenvalue weighted by Crippen LogP contribution is -2.38. The number of rotatable bonds is 5. The van der Waals surface area contributed by atoms with Crippen molar-refractivity contribution >= 4 is 55.8 Å². The summed E-state index contributed by atoms with van der Waals surface area (Å²) in [5, 5.41) is 0.624. The summed E-state index contributed by atoms with van der Waals surface area (Å²) in [4.78, 5) is 19.1. The first-order valence-electron chi connectivity index (χ1n) is 7.95. The fraction of sp³-hybridized carbons (Fsp3) is 0.375. The number of aromatic nitrogens is 1. The minimum atomic E-state index is -3.79. The van der Waals surface area contributed by atoms with E-state index in [1.54, 1.807) is 25.3 Å². The number of thioether (sulfide) groups is 1. The second-order valence-electron chi connectivity index (χ2n) is 5.77. The van der Waals surface area contributed by atoms with Crippen molar-refractivity contribution in [2.75, 3.05) is 29.3 Å². The van der Waals surface area contributed by atoms with Crippen LogP contribution in [0.2, 0.25) is 5.02 Å². The average molecular weight is 432 g/mol. The Morgan fingerprint density at radius 2 is 2.08 bits per heavy atom. The molecule has 1 N–H and O–H groups in total. The van der Waals surface area contributed by atoms with E-state index in [1.807, 2.05) is 16.7 Å². The lowest BCUT2D eigenvalue weighted by molar-refractivity contribution is -0.130. The summed E-state index contributed by atoms with van der Waals surface area (Å²) in [7, 11) is -3.79. The Hall–Kier alpha value is -1.29. The fourth-order valence-electron chi connectivity index (χ4n) is 2.56. The molecule has 1 fully saturated rings. The molecule has 0 atom stereocenters. The lowest BCUT2D eigenvalue weighted by Gasteiger charge is -2.26. The topological polar surface area (TPSA) is 79.4 Å². The summed E-state index contributed by atoms with van der Waals surface area (Å²) in [6.07, 6.45) is 1.78. The third-order valence-corrected chi connectivity index (χ3v) is 7.85. The van der Waals surface area contributed by atoms with E-state index < -0.39 is 10.0 Å². The van der Waals surface area contributed by atoms with Crippen molar-refractivity contribution in [1.82, 2.24) is 9.88 Å². The zero-order valence-electron chi connectivity index (χ0n) is 14.1. The molecule has 6 nitrogen and oxygen atoms in total. The van der Waals surface area contributed by atoms with E-state index in [4.69, 9.17) is 11.6 Å². The van der Waals surface area contributed by atoms with E-state index in [9.17, 15) is 13.2 Å². The average Bonchev–Trinajstić information content (AvgIpc) is 3.04. The molecule has 0 bridgehead atoms. The summed E-state index contributed by atoms with van der Waals surface area (Å²) in [5.41, 5.74) is 0.483. The molecule has 2 aromatic rings. The van der Waals surface area contributed by atoms with Gasteiger partial charge in [0.25, 0.3) is 10.0 Å². The quantitative estimate of drug-likeness (QED) is 0.787. The molecule has 1 saturated heterocycles. The van der Waals surface area contributed by atoms with Gasteiger partial charge in [0.05, 0.1) is 11.3 Å². The Bertz CT molecular complexity index is 908. The van der Waals surface area contributed by atoms with E-state index >= 15 is 0 Å². The number of hydrogen-bond donors (Lipinski definition) is 1. The number of carbonyl (C=O) groups is 1. The SMILES string of the molecule is Cc1c(Cl)cccc1S(=O)(=O)Nc1ncc(CC(=O)N2CCSCC2)s1. The van der Waals surface area contributed by atoms with Gasteiger partial charge in [-0.05, 0) is 24.6 Å². The molecule has 1 aromatic carbocycles. The van der Waals surface area contributed by atoms with Crippen molar-refractivity contribution in [2.24, 2.45) is 0 Å². The molecule has 26 heavy (non-hydrogen) atoms. The molecule has 1 amide bonds. The number of thiazole rings is 1. The van der Waals surface area contributed by atoms with E-state index in [1.165, 1.54) is 17.4 Å². The normalized spacial score (nSPS) is 15.1. The molecule has 2 heterocycles. The maximum Gasteiger partial charge on any atom is 0.263 e. The molecule has 1 aliphatic heterocycles.